The van der Waals surface area contributed by atoms with Gasteiger partial charge in [-0.15, -0.1) is 0 Å². The number of nitrogens with zero attached hydrogens (tertiary/aromatic N) is 1. The van der Waals surface area contributed by atoms with Crippen LogP contribution < -0.4 is 5.32 Å². The molecule has 0 radical (unpaired) electrons. The molecule has 1 saturated carbocycles. The molecule has 9 heteroatoms. The number of carbonyl (C=O) groups excluding carboxylic acids is 2. The van der Waals surface area contributed by atoms with Gasteiger partial charge < -0.3 is 15.2 Å². The van der Waals surface area contributed by atoms with E-state index in [1.54, 1.807) is 0 Å². The lowest BCUT2D eigenvalue weighted by Crippen LogP contribution is -2.57. The summed E-state index contributed by atoms with van der Waals surface area (Å²) in [6.45, 7) is 1.33. The summed E-state index contributed by atoms with van der Waals surface area (Å²) in [6.07, 6.45) is -1.86. The van der Waals surface area contributed by atoms with E-state index in [0.29, 0.717) is 12.8 Å². The van der Waals surface area contributed by atoms with E-state index in [1.165, 1.54) is 19.1 Å². The van der Waals surface area contributed by atoms with Crippen LogP contribution >= 0.6 is 0 Å². The van der Waals surface area contributed by atoms with Crippen molar-refractivity contribution in [1.29, 1.82) is 0 Å². The number of rotatable bonds is 4. The molecule has 1 aliphatic carbocycles. The van der Waals surface area contributed by atoms with Crippen LogP contribution in [0.1, 0.15) is 51.0 Å². The second-order valence-electron chi connectivity index (χ2n) is 7.44. The van der Waals surface area contributed by atoms with Crippen molar-refractivity contribution in [1.82, 2.24) is 4.90 Å². The number of hydrogen-bond acceptors (Lipinski definition) is 4. The standard InChI is InChI=1S/C19H23F3N2O4/c1-17(27)18(10-5-2-6-11-18)28-16(26)24(17)12-9-15(25)23-14-8-4-3-7-13(14)19(20,21)22/h3-4,7-8,27H,2,5-6,9-12H2,1H3,(H,23,25). The molecule has 1 heterocycles. The number of carbonyl (C=O) groups is 2. The molecule has 2 fully saturated rings. The third kappa shape index (κ3) is 3.67. The summed E-state index contributed by atoms with van der Waals surface area (Å²) in [7, 11) is 0. The maximum atomic E-state index is 13.0. The number of para-hydroxylation sites is 1. The Bertz CT molecular complexity index is 758. The summed E-state index contributed by atoms with van der Waals surface area (Å²) < 4.78 is 44.6. The predicted octanol–water partition coefficient (Wildman–Crippen LogP) is 3.90. The van der Waals surface area contributed by atoms with Crippen LogP contribution in [0.4, 0.5) is 23.7 Å². The minimum atomic E-state index is -4.60. The molecule has 1 saturated heterocycles. The van der Waals surface area contributed by atoms with Crippen molar-refractivity contribution in [3.8, 4) is 0 Å². The predicted molar refractivity (Wildman–Crippen MR) is 94.3 cm³/mol. The second kappa shape index (κ2) is 7.27. The van der Waals surface area contributed by atoms with E-state index in [-0.39, 0.29) is 18.7 Å². The van der Waals surface area contributed by atoms with Crippen molar-refractivity contribution < 1.29 is 32.6 Å². The monoisotopic (exact) mass is 400 g/mol. The molecule has 0 aromatic heterocycles. The first-order valence-electron chi connectivity index (χ1n) is 9.26. The van der Waals surface area contributed by atoms with E-state index in [0.717, 1.165) is 36.3 Å². The third-order valence-electron chi connectivity index (χ3n) is 5.62. The molecule has 28 heavy (non-hydrogen) atoms. The summed E-state index contributed by atoms with van der Waals surface area (Å²) in [5.41, 5.74) is -3.87. The molecule has 6 nitrogen and oxygen atoms in total. The Morgan fingerprint density at radius 2 is 1.89 bits per heavy atom. The summed E-state index contributed by atoms with van der Waals surface area (Å²) in [5, 5.41) is 13.2. The summed E-state index contributed by atoms with van der Waals surface area (Å²) in [5.74, 6) is -0.690. The van der Waals surface area contributed by atoms with Crippen molar-refractivity contribution in [3.05, 3.63) is 29.8 Å². The van der Waals surface area contributed by atoms with Crippen LogP contribution in [0.15, 0.2) is 24.3 Å². The maximum absolute atomic E-state index is 13.0. The molecule has 1 aliphatic heterocycles. The second-order valence-corrected chi connectivity index (χ2v) is 7.44. The van der Waals surface area contributed by atoms with Crippen LogP contribution in [0.3, 0.4) is 0 Å². The average Bonchev–Trinajstić information content (AvgIpc) is 2.78. The number of ether oxygens (including phenoxy) is 1. The highest BCUT2D eigenvalue weighted by atomic mass is 19.4. The molecule has 154 valence electrons. The molecule has 2 N–H and O–H groups in total. The first-order chi connectivity index (χ1) is 13.1. The topological polar surface area (TPSA) is 78.9 Å². The van der Waals surface area contributed by atoms with Crippen molar-refractivity contribution in [2.24, 2.45) is 0 Å². The van der Waals surface area contributed by atoms with Gasteiger partial charge in [0.2, 0.25) is 5.91 Å². The summed E-state index contributed by atoms with van der Waals surface area (Å²) in [6, 6.07) is 4.67. The molecule has 1 unspecified atom stereocenters. The highest BCUT2D eigenvalue weighted by molar-refractivity contribution is 5.92. The van der Waals surface area contributed by atoms with Crippen molar-refractivity contribution in [2.45, 2.75) is 63.0 Å². The summed E-state index contributed by atoms with van der Waals surface area (Å²) in [4.78, 5) is 25.6. The minimum Gasteiger partial charge on any atom is -0.438 e. The van der Waals surface area contributed by atoms with Crippen LogP contribution in [0.25, 0.3) is 0 Å². The fraction of sp³-hybridized carbons (Fsp3) is 0.579. The van der Waals surface area contributed by atoms with Crippen molar-refractivity contribution in [2.75, 3.05) is 11.9 Å². The van der Waals surface area contributed by atoms with Gasteiger partial charge in [-0.3, -0.25) is 9.69 Å². The zero-order chi connectivity index (χ0) is 20.6. The Kier molecular flexibility index (Phi) is 5.31. The first kappa shape index (κ1) is 20.4. The molecule has 2 amide bonds. The van der Waals surface area contributed by atoms with Gasteiger partial charge in [0.25, 0.3) is 0 Å². The maximum Gasteiger partial charge on any atom is 0.418 e. The number of alkyl halides is 3. The first-order valence-corrected chi connectivity index (χ1v) is 9.26. The van der Waals surface area contributed by atoms with Crippen molar-refractivity contribution in [3.63, 3.8) is 0 Å². The van der Waals surface area contributed by atoms with Crippen LogP contribution in [0, 0.1) is 0 Å². The van der Waals surface area contributed by atoms with E-state index in [2.05, 4.69) is 5.32 Å². The number of nitrogens with one attached hydrogen (secondary N) is 1. The SMILES string of the molecule is CC1(O)N(CCC(=O)Nc2ccccc2C(F)(F)F)C(=O)OC12CCCCC2. The van der Waals surface area contributed by atoms with Gasteiger partial charge in [0.1, 0.15) is 0 Å². The quantitative estimate of drug-likeness (QED) is 0.804. The molecule has 1 aromatic rings. The van der Waals surface area contributed by atoms with Gasteiger partial charge in [-0.05, 0) is 44.7 Å². The molecule has 1 spiro atoms. The van der Waals surface area contributed by atoms with Gasteiger partial charge in [-0.25, -0.2) is 4.79 Å². The van der Waals surface area contributed by atoms with Gasteiger partial charge in [-0.2, -0.15) is 13.2 Å². The molecule has 3 rings (SSSR count). The lowest BCUT2D eigenvalue weighted by molar-refractivity contribution is -0.159. The highest BCUT2D eigenvalue weighted by Gasteiger charge is 2.61. The Hall–Kier alpha value is -2.29. The van der Waals surface area contributed by atoms with Gasteiger partial charge in [0, 0.05) is 13.0 Å². The third-order valence-corrected chi connectivity index (χ3v) is 5.62. The number of hydrogen-bond donors (Lipinski definition) is 2. The van der Waals surface area contributed by atoms with Gasteiger partial charge in [0.05, 0.1) is 11.3 Å². The van der Waals surface area contributed by atoms with Crippen LogP contribution in [0.5, 0.6) is 0 Å². The van der Waals surface area contributed by atoms with Crippen LogP contribution in [0.2, 0.25) is 0 Å². The van der Waals surface area contributed by atoms with Crippen molar-refractivity contribution >= 4 is 17.7 Å². The number of aliphatic hydroxyl groups is 1. The smallest absolute Gasteiger partial charge is 0.418 e. The summed E-state index contributed by atoms with van der Waals surface area (Å²) >= 11 is 0. The number of anilines is 1. The fourth-order valence-electron chi connectivity index (χ4n) is 4.02. The van der Waals surface area contributed by atoms with Crippen LogP contribution in [-0.4, -0.2) is 39.9 Å². The highest BCUT2D eigenvalue weighted by Crippen LogP contribution is 2.46. The van der Waals surface area contributed by atoms with E-state index in [9.17, 15) is 27.9 Å². The zero-order valence-corrected chi connectivity index (χ0v) is 15.5. The van der Waals surface area contributed by atoms with E-state index in [1.807, 2.05) is 0 Å². The molecule has 1 aromatic carbocycles. The lowest BCUT2D eigenvalue weighted by Gasteiger charge is -2.42. The minimum absolute atomic E-state index is 0.159. The Morgan fingerprint density at radius 1 is 1.25 bits per heavy atom. The molecular weight excluding hydrogens is 377 g/mol. The Labute approximate surface area is 160 Å². The van der Waals surface area contributed by atoms with Gasteiger partial charge in [0.15, 0.2) is 11.3 Å². The molecule has 1 atom stereocenters. The fourth-order valence-corrected chi connectivity index (χ4v) is 4.02. The largest absolute Gasteiger partial charge is 0.438 e. The molecule has 2 aliphatic rings. The van der Waals surface area contributed by atoms with E-state index >= 15 is 0 Å². The molecular formula is C19H23F3N2O4. The van der Waals surface area contributed by atoms with E-state index < -0.39 is 35.1 Å². The number of amides is 2. The molecule has 0 bridgehead atoms. The van der Waals surface area contributed by atoms with Crippen LogP contribution in [-0.2, 0) is 15.7 Å². The number of halogens is 3. The van der Waals surface area contributed by atoms with Gasteiger partial charge in [-0.1, -0.05) is 18.6 Å². The van der Waals surface area contributed by atoms with Gasteiger partial charge >= 0.3 is 12.3 Å². The van der Waals surface area contributed by atoms with E-state index in [4.69, 9.17) is 4.74 Å². The lowest BCUT2D eigenvalue weighted by atomic mass is 9.77. The Morgan fingerprint density at radius 3 is 2.54 bits per heavy atom. The normalized spacial score (nSPS) is 24.3. The Balaban J connectivity index is 1.66. The average molecular weight is 400 g/mol. The zero-order valence-electron chi connectivity index (χ0n) is 15.5. The number of benzene rings is 1.